The van der Waals surface area contributed by atoms with Crippen molar-refractivity contribution < 1.29 is 9.53 Å². The van der Waals surface area contributed by atoms with E-state index < -0.39 is 0 Å². The zero-order valence-corrected chi connectivity index (χ0v) is 11.7. The fraction of sp³-hybridized carbons (Fsp3) is 0.533. The van der Waals surface area contributed by atoms with Crippen LogP contribution in [-0.4, -0.2) is 12.5 Å². The first-order chi connectivity index (χ1) is 8.49. The van der Waals surface area contributed by atoms with E-state index in [9.17, 15) is 4.79 Å². The molecular formula is C15H23NO2. The van der Waals surface area contributed by atoms with Crippen molar-refractivity contribution in [2.75, 3.05) is 11.9 Å². The summed E-state index contributed by atoms with van der Waals surface area (Å²) in [5, 5.41) is 3.33. The number of esters is 1. The molecule has 1 aromatic rings. The Kier molecular flexibility index (Phi) is 5.69. The fourth-order valence-electron chi connectivity index (χ4n) is 1.41. The van der Waals surface area contributed by atoms with Crippen LogP contribution >= 0.6 is 0 Å². The highest BCUT2D eigenvalue weighted by molar-refractivity contribution is 5.74. The molecule has 3 nitrogen and oxygen atoms in total. The molecule has 0 aliphatic heterocycles. The van der Waals surface area contributed by atoms with Gasteiger partial charge < -0.3 is 10.1 Å². The first-order valence-electron chi connectivity index (χ1n) is 6.54. The lowest BCUT2D eigenvalue weighted by atomic mass is 10.1. The van der Waals surface area contributed by atoms with Crippen molar-refractivity contribution >= 4 is 11.7 Å². The van der Waals surface area contributed by atoms with Crippen LogP contribution in [0.15, 0.2) is 24.3 Å². The predicted molar refractivity (Wildman–Crippen MR) is 74.9 cm³/mol. The van der Waals surface area contributed by atoms with Crippen molar-refractivity contribution in [3.63, 3.8) is 0 Å². The lowest BCUT2D eigenvalue weighted by molar-refractivity contribution is -0.137. The van der Waals surface area contributed by atoms with Gasteiger partial charge in [0.15, 0.2) is 0 Å². The molecule has 3 heteroatoms. The average Bonchev–Trinajstić information content (AvgIpc) is 2.28. The van der Waals surface area contributed by atoms with E-state index >= 15 is 0 Å². The Morgan fingerprint density at radius 3 is 2.61 bits per heavy atom. The molecule has 0 fully saturated rings. The number of carbonyl (C=O) groups excluding carboxylic acids is 1. The molecule has 0 aliphatic carbocycles. The van der Waals surface area contributed by atoms with Crippen molar-refractivity contribution in [1.82, 2.24) is 0 Å². The minimum absolute atomic E-state index is 0.109. The van der Waals surface area contributed by atoms with Crippen LogP contribution in [0.3, 0.4) is 0 Å². The molecule has 0 aromatic heterocycles. The van der Waals surface area contributed by atoms with Gasteiger partial charge in [0.2, 0.25) is 0 Å². The molecular weight excluding hydrogens is 226 g/mol. The van der Waals surface area contributed by atoms with E-state index in [4.69, 9.17) is 4.74 Å². The highest BCUT2D eigenvalue weighted by atomic mass is 16.5. The third-order valence-corrected chi connectivity index (χ3v) is 2.57. The summed E-state index contributed by atoms with van der Waals surface area (Å²) in [5.41, 5.74) is 0.990. The van der Waals surface area contributed by atoms with E-state index in [-0.39, 0.29) is 11.9 Å². The Morgan fingerprint density at radius 1 is 1.28 bits per heavy atom. The summed E-state index contributed by atoms with van der Waals surface area (Å²) in [6, 6.07) is 7.53. The number of hydrogen-bond donors (Lipinski definition) is 1. The monoisotopic (exact) mass is 249 g/mol. The molecule has 1 N–H and O–H groups in total. The average molecular weight is 249 g/mol. The third kappa shape index (κ3) is 5.21. The van der Waals surface area contributed by atoms with Crippen molar-refractivity contribution in [1.29, 1.82) is 0 Å². The zero-order valence-electron chi connectivity index (χ0n) is 11.7. The summed E-state index contributed by atoms with van der Waals surface area (Å²) in [6.45, 7) is 8.98. The maximum atomic E-state index is 11.5. The molecule has 0 aliphatic rings. The van der Waals surface area contributed by atoms with Gasteiger partial charge in [0, 0.05) is 18.3 Å². The first kappa shape index (κ1) is 14.6. The van der Waals surface area contributed by atoms with Crippen LogP contribution in [0.25, 0.3) is 0 Å². The Morgan fingerprint density at radius 2 is 2.00 bits per heavy atom. The van der Waals surface area contributed by atoms with Crippen molar-refractivity contribution in [3.05, 3.63) is 24.3 Å². The number of anilines is 1. The van der Waals surface area contributed by atoms with E-state index in [0.29, 0.717) is 11.7 Å². The Balaban J connectivity index is 2.54. The van der Waals surface area contributed by atoms with Gasteiger partial charge in [0.1, 0.15) is 5.75 Å². The standard InChI is InChI=1S/C15H23NO2/c1-11(2)8-9-16-13-6-5-7-14(10-13)18-15(17)12(3)4/h5-7,10-12,16H,8-9H2,1-4H3. The number of benzene rings is 1. The maximum absolute atomic E-state index is 11.5. The molecule has 0 amide bonds. The van der Waals surface area contributed by atoms with Gasteiger partial charge in [-0.15, -0.1) is 0 Å². The normalized spacial score (nSPS) is 10.8. The molecule has 0 radical (unpaired) electrons. The third-order valence-electron chi connectivity index (χ3n) is 2.57. The molecule has 0 saturated carbocycles. The van der Waals surface area contributed by atoms with Gasteiger partial charge in [-0.1, -0.05) is 33.8 Å². The Bertz CT molecular complexity index is 386. The molecule has 0 atom stereocenters. The number of carbonyl (C=O) groups is 1. The van der Waals surface area contributed by atoms with E-state index in [2.05, 4.69) is 19.2 Å². The first-order valence-corrected chi connectivity index (χ1v) is 6.54. The van der Waals surface area contributed by atoms with Crippen molar-refractivity contribution in [2.24, 2.45) is 11.8 Å². The Labute approximate surface area is 110 Å². The summed E-state index contributed by atoms with van der Waals surface area (Å²) < 4.78 is 5.26. The predicted octanol–water partition coefficient (Wildman–Crippen LogP) is 3.71. The second kappa shape index (κ2) is 7.04. The van der Waals surface area contributed by atoms with E-state index in [1.807, 2.05) is 32.0 Å². The molecule has 1 aromatic carbocycles. The van der Waals surface area contributed by atoms with Crippen LogP contribution in [0.4, 0.5) is 5.69 Å². The summed E-state index contributed by atoms with van der Waals surface area (Å²) in [6.07, 6.45) is 1.12. The van der Waals surface area contributed by atoms with Crippen molar-refractivity contribution in [3.8, 4) is 5.75 Å². The van der Waals surface area contributed by atoms with Crippen molar-refractivity contribution in [2.45, 2.75) is 34.1 Å². The summed E-state index contributed by atoms with van der Waals surface area (Å²) in [4.78, 5) is 11.5. The van der Waals surface area contributed by atoms with Crippen LogP contribution in [-0.2, 0) is 4.79 Å². The quantitative estimate of drug-likeness (QED) is 0.617. The van der Waals surface area contributed by atoms with Crippen LogP contribution in [0.2, 0.25) is 0 Å². The number of hydrogen-bond acceptors (Lipinski definition) is 3. The molecule has 0 spiro atoms. The smallest absolute Gasteiger partial charge is 0.313 e. The van der Waals surface area contributed by atoms with Crippen LogP contribution in [0, 0.1) is 11.8 Å². The Hall–Kier alpha value is -1.51. The summed E-state index contributed by atoms with van der Waals surface area (Å²) >= 11 is 0. The van der Waals surface area contributed by atoms with Gasteiger partial charge in [-0.05, 0) is 24.5 Å². The topological polar surface area (TPSA) is 38.3 Å². The second-order valence-corrected chi connectivity index (χ2v) is 5.21. The summed E-state index contributed by atoms with van der Waals surface area (Å²) in [7, 11) is 0. The van der Waals surface area contributed by atoms with E-state index in [0.717, 1.165) is 18.7 Å². The second-order valence-electron chi connectivity index (χ2n) is 5.21. The minimum Gasteiger partial charge on any atom is -0.426 e. The molecule has 18 heavy (non-hydrogen) atoms. The van der Waals surface area contributed by atoms with Gasteiger partial charge in [0.25, 0.3) is 0 Å². The number of rotatable bonds is 6. The van der Waals surface area contributed by atoms with Crippen LogP contribution in [0.5, 0.6) is 5.75 Å². The maximum Gasteiger partial charge on any atom is 0.313 e. The molecule has 1 rings (SSSR count). The molecule has 100 valence electrons. The van der Waals surface area contributed by atoms with Gasteiger partial charge in [-0.3, -0.25) is 4.79 Å². The van der Waals surface area contributed by atoms with Crippen LogP contribution < -0.4 is 10.1 Å². The largest absolute Gasteiger partial charge is 0.426 e. The SMILES string of the molecule is CC(C)CCNc1cccc(OC(=O)C(C)C)c1. The fourth-order valence-corrected chi connectivity index (χ4v) is 1.41. The van der Waals surface area contributed by atoms with Gasteiger partial charge in [0.05, 0.1) is 5.92 Å². The van der Waals surface area contributed by atoms with E-state index in [1.165, 1.54) is 0 Å². The minimum atomic E-state index is -0.200. The summed E-state index contributed by atoms with van der Waals surface area (Å²) in [5.74, 6) is 0.972. The molecule has 0 bridgehead atoms. The molecule has 0 unspecified atom stereocenters. The molecule has 0 heterocycles. The lowest BCUT2D eigenvalue weighted by Crippen LogP contribution is -2.14. The van der Waals surface area contributed by atoms with Crippen LogP contribution in [0.1, 0.15) is 34.1 Å². The molecule has 0 saturated heterocycles. The highest BCUT2D eigenvalue weighted by Crippen LogP contribution is 2.18. The zero-order chi connectivity index (χ0) is 13.5. The highest BCUT2D eigenvalue weighted by Gasteiger charge is 2.09. The number of ether oxygens (including phenoxy) is 1. The number of nitrogens with one attached hydrogen (secondary N) is 1. The van der Waals surface area contributed by atoms with Gasteiger partial charge in [-0.25, -0.2) is 0 Å². The van der Waals surface area contributed by atoms with Gasteiger partial charge in [-0.2, -0.15) is 0 Å². The van der Waals surface area contributed by atoms with E-state index in [1.54, 1.807) is 6.07 Å². The lowest BCUT2D eigenvalue weighted by Gasteiger charge is -2.10. The van der Waals surface area contributed by atoms with Gasteiger partial charge >= 0.3 is 5.97 Å².